The number of rotatable bonds is 4. The molecule has 0 saturated carbocycles. The lowest BCUT2D eigenvalue weighted by Crippen LogP contribution is -2.19. The molecular formula is C14H15FN2O. The SMILES string of the molecule is C/C=C\OC(C)C1=NN=C(c2ccccc2F)C1. The van der Waals surface area contributed by atoms with Crippen LogP contribution in [-0.2, 0) is 4.74 Å². The summed E-state index contributed by atoms with van der Waals surface area (Å²) in [5, 5.41) is 8.10. The van der Waals surface area contributed by atoms with Crippen LogP contribution in [0.5, 0.6) is 0 Å². The van der Waals surface area contributed by atoms with E-state index in [1.807, 2.05) is 19.9 Å². The van der Waals surface area contributed by atoms with E-state index in [1.54, 1.807) is 24.5 Å². The summed E-state index contributed by atoms with van der Waals surface area (Å²) >= 11 is 0. The zero-order valence-corrected chi connectivity index (χ0v) is 10.4. The second-order valence-electron chi connectivity index (χ2n) is 4.04. The van der Waals surface area contributed by atoms with Gasteiger partial charge in [0, 0.05) is 12.0 Å². The van der Waals surface area contributed by atoms with Gasteiger partial charge in [-0.05, 0) is 19.9 Å². The smallest absolute Gasteiger partial charge is 0.135 e. The number of halogens is 1. The van der Waals surface area contributed by atoms with Gasteiger partial charge in [-0.25, -0.2) is 4.39 Å². The summed E-state index contributed by atoms with van der Waals surface area (Å²) in [6, 6.07) is 6.59. The minimum atomic E-state index is -0.269. The van der Waals surface area contributed by atoms with Crippen LogP contribution in [0.2, 0.25) is 0 Å². The molecule has 1 aliphatic heterocycles. The molecule has 0 N–H and O–H groups in total. The summed E-state index contributed by atoms with van der Waals surface area (Å²) in [5.41, 5.74) is 1.97. The van der Waals surface area contributed by atoms with E-state index in [2.05, 4.69) is 10.2 Å². The van der Waals surface area contributed by atoms with Crippen molar-refractivity contribution in [2.45, 2.75) is 26.4 Å². The van der Waals surface area contributed by atoms with Crippen molar-refractivity contribution in [1.82, 2.24) is 0 Å². The third-order valence-corrected chi connectivity index (χ3v) is 2.72. The molecule has 1 aromatic carbocycles. The van der Waals surface area contributed by atoms with Crippen molar-refractivity contribution in [2.24, 2.45) is 10.2 Å². The van der Waals surface area contributed by atoms with E-state index in [0.717, 1.165) is 5.71 Å². The van der Waals surface area contributed by atoms with Crippen molar-refractivity contribution in [2.75, 3.05) is 0 Å². The first-order chi connectivity index (χ1) is 8.72. The Kier molecular flexibility index (Phi) is 3.87. The predicted molar refractivity (Wildman–Crippen MR) is 70.4 cm³/mol. The number of hydrogen-bond acceptors (Lipinski definition) is 3. The summed E-state index contributed by atoms with van der Waals surface area (Å²) in [6.07, 6.45) is 3.81. The van der Waals surface area contributed by atoms with Gasteiger partial charge in [-0.3, -0.25) is 0 Å². The van der Waals surface area contributed by atoms with E-state index in [9.17, 15) is 4.39 Å². The lowest BCUT2D eigenvalue weighted by atomic mass is 10.0. The molecule has 0 fully saturated rings. The number of benzene rings is 1. The fraction of sp³-hybridized carbons (Fsp3) is 0.286. The topological polar surface area (TPSA) is 34.0 Å². The van der Waals surface area contributed by atoms with Gasteiger partial charge < -0.3 is 4.74 Å². The summed E-state index contributed by atoms with van der Waals surface area (Å²) in [4.78, 5) is 0. The summed E-state index contributed by atoms with van der Waals surface area (Å²) in [5.74, 6) is -0.269. The normalized spacial score (nSPS) is 16.6. The van der Waals surface area contributed by atoms with Gasteiger partial charge >= 0.3 is 0 Å². The van der Waals surface area contributed by atoms with Gasteiger partial charge in [0.1, 0.15) is 11.9 Å². The van der Waals surface area contributed by atoms with Gasteiger partial charge in [0.25, 0.3) is 0 Å². The highest BCUT2D eigenvalue weighted by atomic mass is 19.1. The van der Waals surface area contributed by atoms with Crippen molar-refractivity contribution in [1.29, 1.82) is 0 Å². The van der Waals surface area contributed by atoms with Crippen LogP contribution in [-0.4, -0.2) is 17.5 Å². The molecule has 94 valence electrons. The first kappa shape index (κ1) is 12.5. The quantitative estimate of drug-likeness (QED) is 0.750. The fourth-order valence-corrected chi connectivity index (χ4v) is 1.71. The minimum Gasteiger partial charge on any atom is -0.493 e. The molecular weight excluding hydrogens is 231 g/mol. The van der Waals surface area contributed by atoms with Gasteiger partial charge in [-0.2, -0.15) is 10.2 Å². The first-order valence-electron chi connectivity index (χ1n) is 5.87. The van der Waals surface area contributed by atoms with E-state index in [0.29, 0.717) is 17.7 Å². The molecule has 3 nitrogen and oxygen atoms in total. The number of hydrogen-bond donors (Lipinski definition) is 0. The molecule has 1 aromatic rings. The molecule has 0 spiro atoms. The molecule has 1 aliphatic rings. The van der Waals surface area contributed by atoms with Crippen molar-refractivity contribution in [3.05, 3.63) is 48.0 Å². The standard InChI is InChI=1S/C14H15FN2O/c1-3-8-18-10(2)13-9-14(17-16-13)11-6-4-5-7-12(11)15/h3-8,10H,9H2,1-2H3/b8-3-. The number of nitrogens with zero attached hydrogens (tertiary/aromatic N) is 2. The van der Waals surface area contributed by atoms with Crippen LogP contribution in [0.15, 0.2) is 46.8 Å². The first-order valence-corrected chi connectivity index (χ1v) is 5.87. The maximum Gasteiger partial charge on any atom is 0.135 e. The third kappa shape index (κ3) is 2.64. The molecule has 18 heavy (non-hydrogen) atoms. The Hall–Kier alpha value is -1.97. The van der Waals surface area contributed by atoms with Crippen LogP contribution < -0.4 is 0 Å². The number of allylic oxidation sites excluding steroid dienone is 1. The molecule has 1 heterocycles. The highest BCUT2D eigenvalue weighted by Crippen LogP contribution is 2.17. The molecule has 4 heteroatoms. The summed E-state index contributed by atoms with van der Waals surface area (Å²) < 4.78 is 19.0. The number of ether oxygens (including phenoxy) is 1. The van der Waals surface area contributed by atoms with Crippen LogP contribution >= 0.6 is 0 Å². The Bertz CT molecular complexity index is 520. The Morgan fingerprint density at radius 2 is 2.11 bits per heavy atom. The second-order valence-corrected chi connectivity index (χ2v) is 4.04. The van der Waals surface area contributed by atoms with Crippen molar-refractivity contribution >= 4 is 11.4 Å². The molecule has 0 bridgehead atoms. The van der Waals surface area contributed by atoms with E-state index in [1.165, 1.54) is 6.07 Å². The zero-order valence-electron chi connectivity index (χ0n) is 10.4. The van der Waals surface area contributed by atoms with Crippen molar-refractivity contribution < 1.29 is 9.13 Å². The molecule has 1 unspecified atom stereocenters. The second kappa shape index (κ2) is 5.58. The highest BCUT2D eigenvalue weighted by molar-refractivity contribution is 6.16. The van der Waals surface area contributed by atoms with Gasteiger partial charge in [0.2, 0.25) is 0 Å². The highest BCUT2D eigenvalue weighted by Gasteiger charge is 2.21. The molecule has 2 rings (SSSR count). The molecule has 0 aliphatic carbocycles. The largest absolute Gasteiger partial charge is 0.493 e. The molecule has 0 amide bonds. The Morgan fingerprint density at radius 1 is 1.33 bits per heavy atom. The molecule has 1 atom stereocenters. The summed E-state index contributed by atoms with van der Waals surface area (Å²) in [6.45, 7) is 3.78. The molecule has 0 radical (unpaired) electrons. The minimum absolute atomic E-state index is 0.144. The Morgan fingerprint density at radius 3 is 2.83 bits per heavy atom. The van der Waals surface area contributed by atoms with Gasteiger partial charge in [-0.1, -0.05) is 24.3 Å². The van der Waals surface area contributed by atoms with Gasteiger partial charge in [0.15, 0.2) is 0 Å². The van der Waals surface area contributed by atoms with Crippen molar-refractivity contribution in [3.8, 4) is 0 Å². The maximum absolute atomic E-state index is 13.6. The molecule has 0 saturated heterocycles. The lowest BCUT2D eigenvalue weighted by molar-refractivity contribution is 0.218. The van der Waals surface area contributed by atoms with Crippen LogP contribution in [0, 0.1) is 5.82 Å². The predicted octanol–water partition coefficient (Wildman–Crippen LogP) is 3.31. The van der Waals surface area contributed by atoms with Crippen molar-refractivity contribution in [3.63, 3.8) is 0 Å². The zero-order chi connectivity index (χ0) is 13.0. The van der Waals surface area contributed by atoms with Crippen LogP contribution in [0.4, 0.5) is 4.39 Å². The van der Waals surface area contributed by atoms with E-state index in [4.69, 9.17) is 4.74 Å². The molecule has 0 aromatic heterocycles. The fourth-order valence-electron chi connectivity index (χ4n) is 1.71. The third-order valence-electron chi connectivity index (χ3n) is 2.72. The monoisotopic (exact) mass is 246 g/mol. The Labute approximate surface area is 106 Å². The maximum atomic E-state index is 13.6. The van der Waals surface area contributed by atoms with Gasteiger partial charge in [0.05, 0.1) is 17.7 Å². The van der Waals surface area contributed by atoms with Crippen LogP contribution in [0.1, 0.15) is 25.8 Å². The van der Waals surface area contributed by atoms with E-state index in [-0.39, 0.29) is 11.9 Å². The Balaban J connectivity index is 2.05. The van der Waals surface area contributed by atoms with Crippen LogP contribution in [0.25, 0.3) is 0 Å². The average molecular weight is 246 g/mol. The van der Waals surface area contributed by atoms with Crippen LogP contribution in [0.3, 0.4) is 0 Å². The lowest BCUT2D eigenvalue weighted by Gasteiger charge is -2.10. The van der Waals surface area contributed by atoms with E-state index < -0.39 is 0 Å². The average Bonchev–Trinajstić information content (AvgIpc) is 2.86. The van der Waals surface area contributed by atoms with Gasteiger partial charge in [-0.15, -0.1) is 0 Å². The van der Waals surface area contributed by atoms with E-state index >= 15 is 0 Å². The summed E-state index contributed by atoms with van der Waals surface area (Å²) in [7, 11) is 0.